The molecule has 18 heavy (non-hydrogen) atoms. The summed E-state index contributed by atoms with van der Waals surface area (Å²) in [4.78, 5) is 18.0. The third kappa shape index (κ3) is 3.38. The van der Waals surface area contributed by atoms with Crippen molar-refractivity contribution >= 4 is 11.7 Å². The number of carbonyl (C=O) groups excluding carboxylic acids is 1. The summed E-state index contributed by atoms with van der Waals surface area (Å²) in [7, 11) is 0. The molecule has 3 N–H and O–H groups in total. The number of hydrogen-bond donors (Lipinski definition) is 2. The van der Waals surface area contributed by atoms with Gasteiger partial charge in [0, 0.05) is 25.3 Å². The maximum absolute atomic E-state index is 11.9. The monoisotopic (exact) mass is 246 g/mol. The number of amides is 1. The number of carbonyl (C=O) groups is 1. The van der Waals surface area contributed by atoms with Gasteiger partial charge >= 0.3 is 0 Å². The van der Waals surface area contributed by atoms with Crippen molar-refractivity contribution in [1.29, 1.82) is 0 Å². The van der Waals surface area contributed by atoms with E-state index in [2.05, 4.69) is 27.4 Å². The van der Waals surface area contributed by atoms with Crippen molar-refractivity contribution in [3.63, 3.8) is 0 Å². The Morgan fingerprint density at radius 1 is 1.56 bits per heavy atom. The predicted octanol–water partition coefficient (Wildman–Crippen LogP) is 0.609. The van der Waals surface area contributed by atoms with E-state index in [0.29, 0.717) is 18.9 Å². The third-order valence-corrected chi connectivity index (χ3v) is 2.93. The number of pyridine rings is 1. The lowest BCUT2D eigenvalue weighted by atomic mass is 10.1. The Hall–Kier alpha value is -1.72. The Kier molecular flexibility index (Phi) is 4.44. The summed E-state index contributed by atoms with van der Waals surface area (Å²) in [6.07, 6.45) is 6.80. The molecular formula is C13H18N4O. The maximum Gasteiger partial charge on any atom is 0.239 e. The molecular weight excluding hydrogens is 228 g/mol. The van der Waals surface area contributed by atoms with Gasteiger partial charge in [0.15, 0.2) is 0 Å². The molecule has 0 spiro atoms. The normalized spacial score (nSPS) is 19.7. The molecule has 5 heteroatoms. The smallest absolute Gasteiger partial charge is 0.239 e. The molecule has 0 aliphatic carbocycles. The first-order valence-electron chi connectivity index (χ1n) is 6.11. The van der Waals surface area contributed by atoms with Crippen molar-refractivity contribution in [2.45, 2.75) is 12.5 Å². The molecule has 1 aromatic rings. The second-order valence-corrected chi connectivity index (χ2v) is 4.25. The van der Waals surface area contributed by atoms with E-state index in [4.69, 9.17) is 5.73 Å². The van der Waals surface area contributed by atoms with Gasteiger partial charge in [0.25, 0.3) is 0 Å². The van der Waals surface area contributed by atoms with E-state index in [1.165, 1.54) is 0 Å². The molecule has 1 aliphatic heterocycles. The molecule has 0 radical (unpaired) electrons. The highest BCUT2D eigenvalue weighted by atomic mass is 16.2. The van der Waals surface area contributed by atoms with Crippen molar-refractivity contribution in [3.05, 3.63) is 36.5 Å². The van der Waals surface area contributed by atoms with Gasteiger partial charge in [0.2, 0.25) is 5.91 Å². The van der Waals surface area contributed by atoms with Crippen LogP contribution in [-0.2, 0) is 4.79 Å². The van der Waals surface area contributed by atoms with E-state index in [1.807, 2.05) is 12.1 Å². The molecule has 5 nitrogen and oxygen atoms in total. The first-order valence-corrected chi connectivity index (χ1v) is 6.11. The predicted molar refractivity (Wildman–Crippen MR) is 71.0 cm³/mol. The van der Waals surface area contributed by atoms with Crippen LogP contribution in [0.2, 0.25) is 0 Å². The first kappa shape index (κ1) is 12.7. The summed E-state index contributed by atoms with van der Waals surface area (Å²) in [5, 5.41) is 2.78. The molecule has 2 heterocycles. The van der Waals surface area contributed by atoms with Gasteiger partial charge in [0.1, 0.15) is 5.82 Å². The maximum atomic E-state index is 11.9. The van der Waals surface area contributed by atoms with Crippen LogP contribution < -0.4 is 11.1 Å². The summed E-state index contributed by atoms with van der Waals surface area (Å²) >= 11 is 0. The third-order valence-electron chi connectivity index (χ3n) is 2.93. The van der Waals surface area contributed by atoms with Crippen molar-refractivity contribution in [2.24, 2.45) is 5.73 Å². The number of hydrogen-bond acceptors (Lipinski definition) is 4. The first-order chi connectivity index (χ1) is 8.79. The SMILES string of the molecule is NCC1C=CCCN1CC(=O)Nc1ccccn1. The second kappa shape index (κ2) is 6.28. The fourth-order valence-electron chi connectivity index (χ4n) is 2.01. The Morgan fingerprint density at radius 3 is 3.17 bits per heavy atom. The van der Waals surface area contributed by atoms with Crippen LogP contribution in [0.1, 0.15) is 6.42 Å². The largest absolute Gasteiger partial charge is 0.329 e. The number of nitrogens with zero attached hydrogens (tertiary/aromatic N) is 2. The molecule has 96 valence electrons. The summed E-state index contributed by atoms with van der Waals surface area (Å²) in [6, 6.07) is 5.59. The fourth-order valence-corrected chi connectivity index (χ4v) is 2.01. The minimum atomic E-state index is -0.0533. The lowest BCUT2D eigenvalue weighted by molar-refractivity contribution is -0.117. The van der Waals surface area contributed by atoms with Crippen LogP contribution in [0.4, 0.5) is 5.82 Å². The van der Waals surface area contributed by atoms with E-state index < -0.39 is 0 Å². The molecule has 1 aromatic heterocycles. The average molecular weight is 246 g/mol. The Labute approximate surface area is 107 Å². The molecule has 1 atom stereocenters. The van der Waals surface area contributed by atoms with E-state index in [1.54, 1.807) is 12.3 Å². The highest BCUT2D eigenvalue weighted by Crippen LogP contribution is 2.09. The van der Waals surface area contributed by atoms with Crippen LogP contribution in [0.5, 0.6) is 0 Å². The highest BCUT2D eigenvalue weighted by Gasteiger charge is 2.19. The van der Waals surface area contributed by atoms with Crippen LogP contribution in [0.3, 0.4) is 0 Å². The summed E-state index contributed by atoms with van der Waals surface area (Å²) in [6.45, 7) is 1.75. The molecule has 1 amide bonds. The fraction of sp³-hybridized carbons (Fsp3) is 0.385. The van der Waals surface area contributed by atoms with Gasteiger partial charge in [-0.25, -0.2) is 4.98 Å². The molecule has 1 unspecified atom stereocenters. The number of nitrogens with two attached hydrogens (primary N) is 1. The van der Waals surface area contributed by atoms with Crippen LogP contribution >= 0.6 is 0 Å². The summed E-state index contributed by atoms with van der Waals surface area (Å²) in [5.41, 5.74) is 5.68. The van der Waals surface area contributed by atoms with E-state index >= 15 is 0 Å². The number of anilines is 1. The van der Waals surface area contributed by atoms with E-state index in [0.717, 1.165) is 13.0 Å². The molecule has 0 aromatic carbocycles. The minimum Gasteiger partial charge on any atom is -0.329 e. The van der Waals surface area contributed by atoms with Gasteiger partial charge in [-0.15, -0.1) is 0 Å². The topological polar surface area (TPSA) is 71.2 Å². The minimum absolute atomic E-state index is 0.0533. The summed E-state index contributed by atoms with van der Waals surface area (Å²) in [5.74, 6) is 0.529. The lowest BCUT2D eigenvalue weighted by Gasteiger charge is -2.30. The van der Waals surface area contributed by atoms with Crippen LogP contribution in [-0.4, -0.2) is 41.5 Å². The Morgan fingerprint density at radius 2 is 2.44 bits per heavy atom. The standard InChI is InChI=1S/C13H18N4O/c14-9-11-5-2-4-8-17(11)10-13(18)16-12-6-1-3-7-15-12/h1-3,5-7,11H,4,8-10,14H2,(H,15,16,18). The Balaban J connectivity index is 1.89. The van der Waals surface area contributed by atoms with Crippen molar-refractivity contribution < 1.29 is 4.79 Å². The van der Waals surface area contributed by atoms with Gasteiger partial charge in [-0.05, 0) is 18.6 Å². The zero-order chi connectivity index (χ0) is 12.8. The average Bonchev–Trinajstić information content (AvgIpc) is 2.40. The number of aromatic nitrogens is 1. The van der Waals surface area contributed by atoms with Crippen molar-refractivity contribution in [1.82, 2.24) is 9.88 Å². The van der Waals surface area contributed by atoms with Gasteiger partial charge in [-0.3, -0.25) is 9.69 Å². The summed E-state index contributed by atoms with van der Waals surface area (Å²) < 4.78 is 0. The molecule has 0 saturated heterocycles. The van der Waals surface area contributed by atoms with Gasteiger partial charge < -0.3 is 11.1 Å². The van der Waals surface area contributed by atoms with Crippen LogP contribution in [0.25, 0.3) is 0 Å². The highest BCUT2D eigenvalue weighted by molar-refractivity contribution is 5.91. The molecule has 2 rings (SSSR count). The van der Waals surface area contributed by atoms with Gasteiger partial charge in [-0.1, -0.05) is 18.2 Å². The molecule has 0 saturated carbocycles. The van der Waals surface area contributed by atoms with Gasteiger partial charge in [-0.2, -0.15) is 0 Å². The molecule has 0 bridgehead atoms. The quantitative estimate of drug-likeness (QED) is 0.764. The zero-order valence-corrected chi connectivity index (χ0v) is 10.2. The number of rotatable bonds is 4. The molecule has 1 aliphatic rings. The van der Waals surface area contributed by atoms with Crippen molar-refractivity contribution in [2.75, 3.05) is 25.0 Å². The second-order valence-electron chi connectivity index (χ2n) is 4.25. The van der Waals surface area contributed by atoms with Crippen LogP contribution in [0.15, 0.2) is 36.5 Å². The van der Waals surface area contributed by atoms with Crippen LogP contribution in [0, 0.1) is 0 Å². The van der Waals surface area contributed by atoms with E-state index in [9.17, 15) is 4.79 Å². The van der Waals surface area contributed by atoms with Gasteiger partial charge in [0.05, 0.1) is 6.54 Å². The molecule has 0 fully saturated rings. The van der Waals surface area contributed by atoms with E-state index in [-0.39, 0.29) is 11.9 Å². The number of nitrogens with one attached hydrogen (secondary N) is 1. The lowest BCUT2D eigenvalue weighted by Crippen LogP contribution is -2.45. The zero-order valence-electron chi connectivity index (χ0n) is 10.2. The van der Waals surface area contributed by atoms with Crippen molar-refractivity contribution in [3.8, 4) is 0 Å². The Bertz CT molecular complexity index is 418.